The van der Waals surface area contributed by atoms with E-state index in [-0.39, 0.29) is 53.7 Å². The molecule has 0 unspecified atom stereocenters. The van der Waals surface area contributed by atoms with Crippen molar-refractivity contribution in [3.05, 3.63) is 104 Å². The van der Waals surface area contributed by atoms with Gasteiger partial charge in [0.2, 0.25) is 17.5 Å². The Morgan fingerprint density at radius 1 is 0.265 bits per heavy atom. The average Bonchev–Trinajstić information content (AvgIpc) is 2.91. The summed E-state index contributed by atoms with van der Waals surface area (Å²) in [6.45, 7) is 0. The molecule has 18 N–H and O–H groups in total. The number of carbonyl (C=O) groups excluding carboxylic acids is 3. The van der Waals surface area contributed by atoms with Gasteiger partial charge in [-0.25, -0.2) is 65.9 Å². The molecule has 0 saturated heterocycles. The van der Waals surface area contributed by atoms with E-state index >= 15 is 0 Å². The Labute approximate surface area is 271 Å². The van der Waals surface area contributed by atoms with Gasteiger partial charge in [-0.2, -0.15) is 0 Å². The topological polar surface area (TPSA) is 330 Å². The van der Waals surface area contributed by atoms with Crippen LogP contribution in [0, 0.1) is 87.3 Å². The predicted molar refractivity (Wildman–Crippen MR) is 122 cm³/mol. The Morgan fingerprint density at radius 3 is 0.429 bits per heavy atom. The number of carbonyl (C=O) groups is 3. The Morgan fingerprint density at radius 2 is 0.347 bits per heavy atom. The molecule has 0 heterocycles. The largest absolute Gasteiger partial charge is 3.00 e. The van der Waals surface area contributed by atoms with E-state index in [9.17, 15) is 95.6 Å². The van der Waals surface area contributed by atoms with Gasteiger partial charge in [-0.05, 0) is 0 Å². The summed E-state index contributed by atoms with van der Waals surface area (Å²) < 4.78 is 186. The fourth-order valence-electron chi connectivity index (χ4n) is 2.35. The second-order valence-corrected chi connectivity index (χ2v) is 6.70. The summed E-state index contributed by atoms with van der Waals surface area (Å²) in [6, 6.07) is 0. The average molecular weight is 794 g/mol. The Hall–Kier alpha value is -4.71. The van der Waals surface area contributed by atoms with Gasteiger partial charge >= 0.3 is 16.8 Å². The van der Waals surface area contributed by atoms with Gasteiger partial charge in [0.15, 0.2) is 69.8 Å². The van der Waals surface area contributed by atoms with Gasteiger partial charge in [0.25, 0.3) is 0 Å². The summed E-state index contributed by atoms with van der Waals surface area (Å²) in [5, 5.41) is 30.0. The number of aromatic carboxylic acids is 3. The summed E-state index contributed by atoms with van der Waals surface area (Å²) in [5.41, 5.74) is -5.91. The number of benzene rings is 3. The van der Waals surface area contributed by atoms with Crippen molar-refractivity contribution in [1.29, 1.82) is 0 Å². The Bertz CT molecular complexity index is 1380. The molecular weight excluding hydrogens is 776 g/mol. The van der Waals surface area contributed by atoms with E-state index in [0.29, 0.717) is 0 Å². The van der Waals surface area contributed by atoms with E-state index in [0.717, 1.165) is 0 Å². The minimum atomic E-state index is -2.47. The van der Waals surface area contributed by atoms with Crippen LogP contribution in [-0.2, 0) is 16.8 Å². The van der Waals surface area contributed by atoms with Crippen LogP contribution in [0.5, 0.6) is 0 Å². The van der Waals surface area contributed by atoms with Crippen LogP contribution in [0.4, 0.5) is 65.9 Å². The van der Waals surface area contributed by atoms with Crippen LogP contribution < -0.4 is 52.2 Å². The zero-order valence-electron chi connectivity index (χ0n) is 23.2. The zero-order valence-corrected chi connectivity index (χ0v) is 24.2. The Balaban J connectivity index is -0.000000101. The maximum Gasteiger partial charge on any atom is 3.00 e. The van der Waals surface area contributed by atoms with Gasteiger partial charge in [0, 0.05) is 0 Å². The summed E-state index contributed by atoms with van der Waals surface area (Å²) >= 11 is 0. The van der Waals surface area contributed by atoms with Crippen molar-refractivity contribution < 1.29 is 112 Å². The predicted octanol–water partition coefficient (Wildman–Crippen LogP) is 3.21. The van der Waals surface area contributed by atoms with Gasteiger partial charge in [0.05, 0.1) is 34.6 Å². The number of hydrogen-bond donors (Lipinski definition) is 6. The van der Waals surface area contributed by atoms with Gasteiger partial charge < -0.3 is 66.6 Å². The molecule has 282 valence electrons. The first-order chi connectivity index (χ1) is 19.1. The second kappa shape index (κ2) is 22.8. The minimum absolute atomic E-state index is 0. The van der Waals surface area contributed by atoms with Gasteiger partial charge in [0.1, 0.15) is 0 Å². The van der Waals surface area contributed by atoms with E-state index in [1.807, 2.05) is 0 Å². The maximum atomic E-state index is 12.5. The molecule has 12 nitrogen and oxygen atoms in total. The van der Waals surface area contributed by atoms with Gasteiger partial charge in [-0.15, -0.1) is 0 Å². The third-order valence-electron chi connectivity index (χ3n) is 4.24. The SMILES string of the molecule is N.N.N.N.N.N.O=C([O-])c1c(F)c(F)c(F)c(F)c1F.O=C([O-])c1c(F)c(F)c(F)c(F)c1F.O=C([O-])c1c(F)c(F)c(F)c(F)c1F.[Co+3]. The molecule has 0 spiro atoms. The normalized spacial score (nSPS) is 8.88. The number of hydrogen-bond acceptors (Lipinski definition) is 12. The van der Waals surface area contributed by atoms with E-state index in [1.54, 1.807) is 0 Å². The van der Waals surface area contributed by atoms with Crippen molar-refractivity contribution in [1.82, 2.24) is 36.9 Å². The molecule has 0 amide bonds. The van der Waals surface area contributed by atoms with E-state index in [2.05, 4.69) is 0 Å². The van der Waals surface area contributed by atoms with Crippen molar-refractivity contribution in [3.8, 4) is 0 Å². The number of carboxylic acid groups (broad SMARTS) is 3. The molecule has 0 radical (unpaired) electrons. The summed E-state index contributed by atoms with van der Waals surface area (Å²) in [5.74, 6) is -43.1. The molecule has 3 aromatic rings. The monoisotopic (exact) mass is 794 g/mol. The first-order valence-corrected chi connectivity index (χ1v) is 9.31. The molecule has 0 fully saturated rings. The third-order valence-corrected chi connectivity index (χ3v) is 4.24. The zero-order chi connectivity index (χ0) is 33.1. The van der Waals surface area contributed by atoms with Crippen LogP contribution in [0.2, 0.25) is 0 Å². The van der Waals surface area contributed by atoms with Crippen LogP contribution in [-0.4, -0.2) is 17.9 Å². The molecule has 0 aliphatic carbocycles. The van der Waals surface area contributed by atoms with Gasteiger partial charge in [-0.3, -0.25) is 0 Å². The van der Waals surface area contributed by atoms with Crippen LogP contribution in [0.3, 0.4) is 0 Å². The standard InChI is InChI=1S/3C7HF5O2.Co.6H3N/c3*8-2-1(7(13)14)3(9)5(11)6(12)4(2)10;;;;;;;/h3*(H,13,14);;6*1H3/q;;;+3;;;;;;/p-3. The fourth-order valence-corrected chi connectivity index (χ4v) is 2.35. The number of carboxylic acids is 3. The van der Waals surface area contributed by atoms with Crippen LogP contribution >= 0.6 is 0 Å². The molecule has 49 heavy (non-hydrogen) atoms. The van der Waals surface area contributed by atoms with E-state index in [1.165, 1.54) is 0 Å². The molecule has 0 atom stereocenters. The quantitative estimate of drug-likeness (QED) is 0.126. The molecule has 0 bridgehead atoms. The molecule has 28 heteroatoms. The molecule has 0 saturated carbocycles. The van der Waals surface area contributed by atoms with Crippen molar-refractivity contribution in [2.75, 3.05) is 0 Å². The van der Waals surface area contributed by atoms with Crippen molar-refractivity contribution in [3.63, 3.8) is 0 Å². The first kappa shape index (κ1) is 59.7. The molecule has 0 aliphatic heterocycles. The number of halogens is 15. The minimum Gasteiger partial charge on any atom is -0.545 e. The molecular formula is C21H18CoF15N6O6. The summed E-state index contributed by atoms with van der Waals surface area (Å²) in [6.07, 6.45) is 0. The smallest absolute Gasteiger partial charge is 0.545 e. The number of rotatable bonds is 3. The third kappa shape index (κ3) is 11.7. The molecule has 0 aliphatic rings. The van der Waals surface area contributed by atoms with Crippen molar-refractivity contribution in [2.45, 2.75) is 0 Å². The maximum absolute atomic E-state index is 12.5. The molecule has 3 rings (SSSR count). The Kier molecular flexibility index (Phi) is 27.8. The first-order valence-electron chi connectivity index (χ1n) is 9.31. The van der Waals surface area contributed by atoms with E-state index in [4.69, 9.17) is 0 Å². The second-order valence-electron chi connectivity index (χ2n) is 6.70. The van der Waals surface area contributed by atoms with Gasteiger partial charge in [-0.1, -0.05) is 0 Å². The van der Waals surface area contributed by atoms with Crippen LogP contribution in [0.25, 0.3) is 0 Å². The van der Waals surface area contributed by atoms with Crippen LogP contribution in [0.15, 0.2) is 0 Å². The van der Waals surface area contributed by atoms with Crippen molar-refractivity contribution in [2.24, 2.45) is 0 Å². The summed E-state index contributed by atoms with van der Waals surface area (Å²) in [7, 11) is 0. The van der Waals surface area contributed by atoms with Crippen LogP contribution in [0.1, 0.15) is 31.1 Å². The summed E-state index contributed by atoms with van der Waals surface area (Å²) in [4.78, 5) is 30.0. The molecule has 0 aromatic heterocycles. The van der Waals surface area contributed by atoms with E-state index < -0.39 is 122 Å². The molecule has 3 aromatic carbocycles. The van der Waals surface area contributed by atoms with Crippen molar-refractivity contribution >= 4 is 17.9 Å². The fraction of sp³-hybridized carbons (Fsp3) is 0.